The van der Waals surface area contributed by atoms with Gasteiger partial charge in [-0.1, -0.05) is 24.3 Å². The predicted octanol–water partition coefficient (Wildman–Crippen LogP) is 2.30. The zero-order valence-corrected chi connectivity index (χ0v) is 12.1. The maximum absolute atomic E-state index is 12.5. The fraction of sp³-hybridized carbons (Fsp3) is 0.176. The van der Waals surface area contributed by atoms with E-state index in [1.54, 1.807) is 41.2 Å². The molecule has 0 fully saturated rings. The molecule has 2 aromatic rings. The van der Waals surface area contributed by atoms with Crippen molar-refractivity contribution in [2.75, 3.05) is 0 Å². The maximum atomic E-state index is 12.5. The second kappa shape index (κ2) is 7.09. The number of aromatic nitrogens is 1. The van der Waals surface area contributed by atoms with E-state index in [9.17, 15) is 23.1 Å². The summed E-state index contributed by atoms with van der Waals surface area (Å²) in [4.78, 5) is 10.4. The monoisotopic (exact) mass is 321 g/mol. The molecule has 0 amide bonds. The van der Waals surface area contributed by atoms with E-state index in [2.05, 4.69) is 0 Å². The predicted molar refractivity (Wildman–Crippen MR) is 76.6 cm³/mol. The van der Waals surface area contributed by atoms with Crippen molar-refractivity contribution in [2.24, 2.45) is 0 Å². The Hall–Kier alpha value is -2.63. The van der Waals surface area contributed by atoms with Crippen LogP contribution in [0.15, 0.2) is 48.8 Å². The number of aryl methyl sites for hydroxylation is 1. The van der Waals surface area contributed by atoms with Crippen molar-refractivity contribution in [1.82, 2.24) is 0 Å². The lowest BCUT2D eigenvalue weighted by molar-refractivity contribution is -0.696. The number of carboxylic acids is 1. The number of pyridine rings is 1. The van der Waals surface area contributed by atoms with E-state index in [-0.39, 0.29) is 6.42 Å². The Kier molecular flexibility index (Phi) is 5.16. The van der Waals surface area contributed by atoms with Crippen LogP contribution in [0.2, 0.25) is 0 Å². The van der Waals surface area contributed by atoms with Gasteiger partial charge in [-0.25, -0.2) is 4.57 Å². The van der Waals surface area contributed by atoms with Crippen molar-refractivity contribution in [3.05, 3.63) is 65.5 Å². The highest BCUT2D eigenvalue weighted by atomic mass is 19.4. The van der Waals surface area contributed by atoms with Crippen molar-refractivity contribution in [3.8, 4) is 0 Å². The first-order chi connectivity index (χ1) is 10.8. The lowest BCUT2D eigenvalue weighted by atomic mass is 10.1. The van der Waals surface area contributed by atoms with Gasteiger partial charge in [0.2, 0.25) is 0 Å². The van der Waals surface area contributed by atoms with E-state index >= 15 is 0 Å². The van der Waals surface area contributed by atoms with E-state index in [1.165, 1.54) is 12.1 Å². The molecule has 0 radical (unpaired) electrons. The molecule has 0 aliphatic carbocycles. The number of nitrogens with zero attached hydrogens (tertiary/aromatic N) is 1. The van der Waals surface area contributed by atoms with E-state index < -0.39 is 17.7 Å². The number of carboxylic acid groups (broad SMARTS) is 1. The topological polar surface area (TPSA) is 44.0 Å². The number of alkyl halides is 3. The van der Waals surface area contributed by atoms with Crippen molar-refractivity contribution in [2.45, 2.75) is 19.1 Å². The lowest BCUT2D eigenvalue weighted by Crippen LogP contribution is -2.36. The Morgan fingerprint density at radius 1 is 1.00 bits per heavy atom. The zero-order valence-electron chi connectivity index (χ0n) is 12.1. The van der Waals surface area contributed by atoms with E-state index in [0.29, 0.717) is 12.1 Å². The molecule has 120 valence electrons. The molecule has 0 bridgehead atoms. The summed E-state index contributed by atoms with van der Waals surface area (Å²) in [6, 6.07) is 8.47. The molecule has 23 heavy (non-hydrogen) atoms. The second-order valence-corrected chi connectivity index (χ2v) is 4.94. The van der Waals surface area contributed by atoms with Crippen LogP contribution in [0.25, 0.3) is 12.2 Å². The van der Waals surface area contributed by atoms with Gasteiger partial charge in [0.15, 0.2) is 18.9 Å². The quantitative estimate of drug-likeness (QED) is 0.793. The Labute approximate surface area is 131 Å². The summed E-state index contributed by atoms with van der Waals surface area (Å²) in [5.41, 5.74) is 0.838. The number of hydrogen-bond donors (Lipinski definition) is 0. The molecule has 6 heteroatoms. The van der Waals surface area contributed by atoms with Gasteiger partial charge in [0, 0.05) is 24.5 Å². The van der Waals surface area contributed by atoms with Crippen LogP contribution < -0.4 is 9.67 Å². The third-order valence-electron chi connectivity index (χ3n) is 3.20. The van der Waals surface area contributed by atoms with Crippen molar-refractivity contribution in [1.29, 1.82) is 0 Å². The summed E-state index contributed by atoms with van der Waals surface area (Å²) < 4.78 is 39.1. The molecular weight excluding hydrogens is 307 g/mol. The summed E-state index contributed by atoms with van der Waals surface area (Å²) in [5, 5.41) is 10.4. The van der Waals surface area contributed by atoms with Crippen LogP contribution >= 0.6 is 0 Å². The summed E-state index contributed by atoms with van der Waals surface area (Å²) in [7, 11) is 0. The normalized spacial score (nSPS) is 11.8. The number of carbonyl (C=O) groups excluding carboxylic acids is 1. The van der Waals surface area contributed by atoms with Crippen molar-refractivity contribution in [3.63, 3.8) is 0 Å². The number of aliphatic carboxylic acids is 1. The summed E-state index contributed by atoms with van der Waals surface area (Å²) in [5.74, 6) is -1.11. The molecule has 0 N–H and O–H groups in total. The van der Waals surface area contributed by atoms with Gasteiger partial charge < -0.3 is 9.90 Å². The first-order valence-electron chi connectivity index (χ1n) is 6.89. The number of rotatable bonds is 5. The van der Waals surface area contributed by atoms with Gasteiger partial charge in [-0.15, -0.1) is 0 Å². The average molecular weight is 321 g/mol. The minimum atomic E-state index is -4.33. The van der Waals surface area contributed by atoms with Gasteiger partial charge in [-0.3, -0.25) is 0 Å². The SMILES string of the molecule is O=C([O-])CC[n+]1ccc(/C=C/c2ccc(C(F)(F)F)cc2)cc1. The second-order valence-electron chi connectivity index (χ2n) is 4.94. The molecule has 0 saturated heterocycles. The number of halogens is 3. The molecule has 0 aliphatic rings. The molecule has 0 saturated carbocycles. The van der Waals surface area contributed by atoms with Crippen LogP contribution in [-0.2, 0) is 17.5 Å². The highest BCUT2D eigenvalue weighted by Gasteiger charge is 2.29. The first-order valence-corrected chi connectivity index (χ1v) is 6.89. The molecule has 0 unspecified atom stereocenters. The molecule has 3 nitrogen and oxygen atoms in total. The van der Waals surface area contributed by atoms with Gasteiger partial charge in [0.1, 0.15) is 0 Å². The molecule has 1 heterocycles. The minimum absolute atomic E-state index is 0.0641. The fourth-order valence-corrected chi connectivity index (χ4v) is 1.93. The van der Waals surface area contributed by atoms with Gasteiger partial charge in [-0.05, 0) is 23.3 Å². The number of carbonyl (C=O) groups is 1. The van der Waals surface area contributed by atoms with E-state index in [4.69, 9.17) is 0 Å². The van der Waals surface area contributed by atoms with Crippen LogP contribution in [0.3, 0.4) is 0 Å². The lowest BCUT2D eigenvalue weighted by Gasteiger charge is -2.05. The molecule has 0 atom stereocenters. The van der Waals surface area contributed by atoms with Gasteiger partial charge in [0.05, 0.1) is 5.56 Å². The zero-order chi connectivity index (χ0) is 16.9. The van der Waals surface area contributed by atoms with Crippen LogP contribution in [-0.4, -0.2) is 5.97 Å². The minimum Gasteiger partial charge on any atom is -0.550 e. The Bertz CT molecular complexity index is 689. The molecule has 0 aliphatic heterocycles. The van der Waals surface area contributed by atoms with Gasteiger partial charge in [-0.2, -0.15) is 13.2 Å². The molecule has 1 aromatic carbocycles. The standard InChI is InChI=1S/C17H14F3NO2/c18-17(19,20)15-5-3-13(4-6-15)1-2-14-7-10-21(11-8-14)12-9-16(22)23/h1-8,10-11H,9,12H2/b2-1+. The highest BCUT2D eigenvalue weighted by molar-refractivity contribution is 5.69. The smallest absolute Gasteiger partial charge is 0.416 e. The average Bonchev–Trinajstić information content (AvgIpc) is 2.51. The summed E-state index contributed by atoms with van der Waals surface area (Å²) in [6.07, 6.45) is 2.55. The number of hydrogen-bond acceptors (Lipinski definition) is 2. The van der Waals surface area contributed by atoms with Crippen LogP contribution in [0.4, 0.5) is 13.2 Å². The van der Waals surface area contributed by atoms with Crippen molar-refractivity contribution < 1.29 is 27.6 Å². The third kappa shape index (κ3) is 5.25. The van der Waals surface area contributed by atoms with E-state index in [0.717, 1.165) is 17.7 Å². The Morgan fingerprint density at radius 3 is 2.00 bits per heavy atom. The van der Waals surface area contributed by atoms with Crippen LogP contribution in [0.5, 0.6) is 0 Å². The van der Waals surface area contributed by atoms with Gasteiger partial charge >= 0.3 is 6.18 Å². The third-order valence-corrected chi connectivity index (χ3v) is 3.20. The maximum Gasteiger partial charge on any atom is 0.416 e. The van der Waals surface area contributed by atoms with Crippen LogP contribution in [0.1, 0.15) is 23.1 Å². The molecule has 1 aromatic heterocycles. The first kappa shape index (κ1) is 16.7. The number of benzene rings is 1. The molecule has 2 rings (SSSR count). The highest BCUT2D eigenvalue weighted by Crippen LogP contribution is 2.29. The Balaban J connectivity index is 2.01. The molecular formula is C17H14F3NO2. The van der Waals surface area contributed by atoms with Crippen molar-refractivity contribution >= 4 is 18.1 Å². The van der Waals surface area contributed by atoms with Crippen LogP contribution in [0, 0.1) is 0 Å². The summed E-state index contributed by atoms with van der Waals surface area (Å²) >= 11 is 0. The van der Waals surface area contributed by atoms with E-state index in [1.807, 2.05) is 0 Å². The Morgan fingerprint density at radius 2 is 1.52 bits per heavy atom. The fourth-order valence-electron chi connectivity index (χ4n) is 1.93. The largest absolute Gasteiger partial charge is 0.550 e. The molecule has 0 spiro atoms. The summed E-state index contributed by atoms with van der Waals surface area (Å²) in [6.45, 7) is 0.325. The van der Waals surface area contributed by atoms with Gasteiger partial charge in [0.25, 0.3) is 0 Å².